The van der Waals surface area contributed by atoms with Crippen LogP contribution in [0, 0.1) is 13.8 Å². The van der Waals surface area contributed by atoms with Crippen LogP contribution in [0.3, 0.4) is 0 Å². The molecule has 16 heavy (non-hydrogen) atoms. The van der Waals surface area contributed by atoms with E-state index in [-0.39, 0.29) is 6.04 Å². The molecule has 0 amide bonds. The van der Waals surface area contributed by atoms with Gasteiger partial charge in [-0.1, -0.05) is 29.3 Å². The Bertz CT molecular complexity index is 440. The van der Waals surface area contributed by atoms with E-state index in [9.17, 15) is 0 Å². The van der Waals surface area contributed by atoms with Crippen LogP contribution in [0.1, 0.15) is 28.6 Å². The second-order valence-corrected chi connectivity index (χ2v) is 4.12. The molecule has 0 aliphatic rings. The third kappa shape index (κ3) is 2.14. The molecule has 0 bridgehead atoms. The van der Waals surface area contributed by atoms with Crippen molar-refractivity contribution in [2.45, 2.75) is 19.9 Å². The molecule has 2 rings (SSSR count). The van der Waals surface area contributed by atoms with E-state index in [1.807, 2.05) is 13.2 Å². The van der Waals surface area contributed by atoms with Crippen LogP contribution < -0.4 is 5.32 Å². The molecule has 84 valence electrons. The molecule has 2 N–H and O–H groups in total. The van der Waals surface area contributed by atoms with Crippen LogP contribution in [0.5, 0.6) is 0 Å². The summed E-state index contributed by atoms with van der Waals surface area (Å²) in [6, 6.07) is 6.69. The molecule has 0 saturated carbocycles. The summed E-state index contributed by atoms with van der Waals surface area (Å²) >= 11 is 0. The van der Waals surface area contributed by atoms with Gasteiger partial charge in [-0.3, -0.25) is 0 Å². The predicted molar refractivity (Wildman–Crippen MR) is 65.4 cm³/mol. The second-order valence-electron chi connectivity index (χ2n) is 4.12. The maximum absolute atomic E-state index is 4.31. The van der Waals surface area contributed by atoms with Crippen molar-refractivity contribution in [1.82, 2.24) is 15.3 Å². The van der Waals surface area contributed by atoms with E-state index in [4.69, 9.17) is 0 Å². The van der Waals surface area contributed by atoms with E-state index >= 15 is 0 Å². The number of nitrogens with zero attached hydrogens (tertiary/aromatic N) is 1. The van der Waals surface area contributed by atoms with Crippen molar-refractivity contribution in [2.75, 3.05) is 7.05 Å². The number of imidazole rings is 1. The van der Waals surface area contributed by atoms with Crippen molar-refractivity contribution in [3.63, 3.8) is 0 Å². The quantitative estimate of drug-likeness (QED) is 0.825. The molecular weight excluding hydrogens is 198 g/mol. The minimum atomic E-state index is 0.133. The van der Waals surface area contributed by atoms with Crippen molar-refractivity contribution < 1.29 is 0 Å². The molecule has 1 aromatic heterocycles. The predicted octanol–water partition coefficient (Wildman–Crippen LogP) is 2.34. The minimum absolute atomic E-state index is 0.133. The minimum Gasteiger partial charge on any atom is -0.347 e. The number of aromatic nitrogens is 2. The Balaban J connectivity index is 2.41. The van der Waals surface area contributed by atoms with E-state index in [1.54, 1.807) is 6.20 Å². The van der Waals surface area contributed by atoms with E-state index < -0.39 is 0 Å². The molecule has 3 heteroatoms. The van der Waals surface area contributed by atoms with Crippen molar-refractivity contribution in [2.24, 2.45) is 0 Å². The van der Waals surface area contributed by atoms with Gasteiger partial charge in [0.15, 0.2) is 0 Å². The summed E-state index contributed by atoms with van der Waals surface area (Å²) in [4.78, 5) is 7.46. The molecule has 0 aliphatic heterocycles. The van der Waals surface area contributed by atoms with Gasteiger partial charge in [-0.2, -0.15) is 0 Å². The Morgan fingerprint density at radius 1 is 1.19 bits per heavy atom. The summed E-state index contributed by atoms with van der Waals surface area (Å²) in [5, 5.41) is 3.28. The van der Waals surface area contributed by atoms with E-state index in [2.05, 4.69) is 47.3 Å². The van der Waals surface area contributed by atoms with E-state index in [0.29, 0.717) is 0 Å². The largest absolute Gasteiger partial charge is 0.347 e. The van der Waals surface area contributed by atoms with Crippen LogP contribution in [0.15, 0.2) is 30.6 Å². The zero-order valence-electron chi connectivity index (χ0n) is 9.91. The highest BCUT2D eigenvalue weighted by Gasteiger charge is 2.14. The van der Waals surface area contributed by atoms with Gasteiger partial charge in [-0.15, -0.1) is 0 Å². The number of aromatic amines is 1. The van der Waals surface area contributed by atoms with Gasteiger partial charge in [0.2, 0.25) is 0 Å². The number of hydrogen-bond donors (Lipinski definition) is 2. The Morgan fingerprint density at radius 3 is 2.38 bits per heavy atom. The SMILES string of the molecule is CNC(c1cc(C)cc(C)c1)c1ncc[nH]1. The van der Waals surface area contributed by atoms with Crippen LogP contribution in [-0.2, 0) is 0 Å². The molecule has 0 aliphatic carbocycles. The third-order valence-corrected chi connectivity index (χ3v) is 2.66. The fourth-order valence-electron chi connectivity index (χ4n) is 2.07. The van der Waals surface area contributed by atoms with E-state index in [0.717, 1.165) is 5.82 Å². The van der Waals surface area contributed by atoms with Crippen LogP contribution in [0.2, 0.25) is 0 Å². The Labute approximate surface area is 95.9 Å². The molecule has 1 heterocycles. The topological polar surface area (TPSA) is 40.7 Å². The van der Waals surface area contributed by atoms with E-state index in [1.165, 1.54) is 16.7 Å². The summed E-state index contributed by atoms with van der Waals surface area (Å²) in [5.74, 6) is 0.951. The lowest BCUT2D eigenvalue weighted by molar-refractivity contribution is 0.654. The molecule has 0 radical (unpaired) electrons. The summed E-state index contributed by atoms with van der Waals surface area (Å²) in [7, 11) is 1.95. The van der Waals surface area contributed by atoms with Crippen molar-refractivity contribution >= 4 is 0 Å². The fraction of sp³-hybridized carbons (Fsp3) is 0.308. The summed E-state index contributed by atoms with van der Waals surface area (Å²) in [6.07, 6.45) is 3.63. The first kappa shape index (κ1) is 10.9. The molecule has 1 atom stereocenters. The van der Waals surface area contributed by atoms with Crippen LogP contribution in [-0.4, -0.2) is 17.0 Å². The molecule has 3 nitrogen and oxygen atoms in total. The molecule has 0 spiro atoms. The van der Waals surface area contributed by atoms with Crippen LogP contribution >= 0.6 is 0 Å². The molecular formula is C13H17N3. The van der Waals surface area contributed by atoms with Gasteiger partial charge in [-0.25, -0.2) is 4.98 Å². The summed E-state index contributed by atoms with van der Waals surface area (Å²) in [5.41, 5.74) is 3.80. The monoisotopic (exact) mass is 215 g/mol. The number of aryl methyl sites for hydroxylation is 2. The Morgan fingerprint density at radius 2 is 1.88 bits per heavy atom. The highest BCUT2D eigenvalue weighted by atomic mass is 15.0. The van der Waals surface area contributed by atoms with Gasteiger partial charge >= 0.3 is 0 Å². The Kier molecular flexibility index (Phi) is 3.06. The zero-order valence-corrected chi connectivity index (χ0v) is 9.91. The number of hydrogen-bond acceptors (Lipinski definition) is 2. The van der Waals surface area contributed by atoms with Crippen LogP contribution in [0.4, 0.5) is 0 Å². The second kappa shape index (κ2) is 4.49. The van der Waals surface area contributed by atoms with Gasteiger partial charge < -0.3 is 10.3 Å². The number of nitrogens with one attached hydrogen (secondary N) is 2. The summed E-state index contributed by atoms with van der Waals surface area (Å²) < 4.78 is 0. The zero-order chi connectivity index (χ0) is 11.5. The number of rotatable bonds is 3. The van der Waals surface area contributed by atoms with Gasteiger partial charge in [0.05, 0.1) is 6.04 Å². The summed E-state index contributed by atoms with van der Waals surface area (Å²) in [6.45, 7) is 4.23. The maximum Gasteiger partial charge on any atom is 0.127 e. The standard InChI is InChI=1S/C13H17N3/c1-9-6-10(2)8-11(7-9)12(14-3)13-15-4-5-16-13/h4-8,12,14H,1-3H3,(H,15,16). The van der Waals surface area contributed by atoms with Gasteiger partial charge in [0, 0.05) is 12.4 Å². The molecule has 1 unspecified atom stereocenters. The third-order valence-electron chi connectivity index (χ3n) is 2.66. The van der Waals surface area contributed by atoms with Crippen molar-refractivity contribution in [3.8, 4) is 0 Å². The molecule has 0 saturated heterocycles. The van der Waals surface area contributed by atoms with Crippen molar-refractivity contribution in [1.29, 1.82) is 0 Å². The van der Waals surface area contributed by atoms with Gasteiger partial charge in [0.25, 0.3) is 0 Å². The lowest BCUT2D eigenvalue weighted by Gasteiger charge is -2.15. The molecule has 2 aromatic rings. The van der Waals surface area contributed by atoms with Crippen molar-refractivity contribution in [3.05, 3.63) is 53.1 Å². The number of benzene rings is 1. The molecule has 1 aromatic carbocycles. The lowest BCUT2D eigenvalue weighted by Crippen LogP contribution is -2.19. The van der Waals surface area contributed by atoms with Crippen LogP contribution in [0.25, 0.3) is 0 Å². The fourth-order valence-corrected chi connectivity index (χ4v) is 2.07. The number of H-pyrrole nitrogens is 1. The maximum atomic E-state index is 4.31. The first-order valence-electron chi connectivity index (χ1n) is 5.45. The average molecular weight is 215 g/mol. The first-order valence-corrected chi connectivity index (χ1v) is 5.45. The smallest absolute Gasteiger partial charge is 0.127 e. The average Bonchev–Trinajstić information content (AvgIpc) is 2.70. The highest BCUT2D eigenvalue weighted by Crippen LogP contribution is 2.20. The van der Waals surface area contributed by atoms with Gasteiger partial charge in [0.1, 0.15) is 5.82 Å². The van der Waals surface area contributed by atoms with Gasteiger partial charge in [-0.05, 0) is 26.5 Å². The Hall–Kier alpha value is -1.61. The first-order chi connectivity index (χ1) is 7.70. The highest BCUT2D eigenvalue weighted by molar-refractivity contribution is 5.33. The normalized spacial score (nSPS) is 12.7. The lowest BCUT2D eigenvalue weighted by atomic mass is 10.0. The molecule has 0 fully saturated rings.